The van der Waals surface area contributed by atoms with Crippen LogP contribution in [0.3, 0.4) is 0 Å². The van der Waals surface area contributed by atoms with Gasteiger partial charge < -0.3 is 10.2 Å². The van der Waals surface area contributed by atoms with Crippen molar-refractivity contribution in [2.45, 2.75) is 33.1 Å². The number of hydrogen-bond acceptors (Lipinski definition) is 3. The van der Waals surface area contributed by atoms with Crippen LogP contribution in [0.15, 0.2) is 4.99 Å². The molecular formula is C14H29N3O2S. The summed E-state index contributed by atoms with van der Waals surface area (Å²) in [6, 6.07) is 0. The number of nitrogens with one attached hydrogen (secondary N) is 1. The minimum atomic E-state index is -2.86. The number of guanidine groups is 1. The van der Waals surface area contributed by atoms with Gasteiger partial charge in [0.1, 0.15) is 9.84 Å². The summed E-state index contributed by atoms with van der Waals surface area (Å²) in [6.07, 6.45) is 4.39. The van der Waals surface area contributed by atoms with Crippen LogP contribution in [0.4, 0.5) is 0 Å². The number of aliphatic imine (C=N–C) groups is 1. The molecule has 1 N–H and O–H groups in total. The van der Waals surface area contributed by atoms with Crippen LogP contribution >= 0.6 is 0 Å². The first-order chi connectivity index (χ1) is 9.31. The Morgan fingerprint density at radius 1 is 1.45 bits per heavy atom. The van der Waals surface area contributed by atoms with Crippen LogP contribution in [-0.4, -0.2) is 58.0 Å². The highest BCUT2D eigenvalue weighted by Gasteiger charge is 2.25. The molecule has 5 nitrogen and oxygen atoms in total. The molecule has 1 heterocycles. The van der Waals surface area contributed by atoms with E-state index >= 15 is 0 Å². The van der Waals surface area contributed by atoms with E-state index in [0.29, 0.717) is 13.0 Å². The Hall–Kier alpha value is -0.780. The Morgan fingerprint density at radius 3 is 2.70 bits per heavy atom. The largest absolute Gasteiger partial charge is 0.356 e. The molecule has 0 spiro atoms. The molecule has 0 bridgehead atoms. The molecule has 0 aromatic rings. The van der Waals surface area contributed by atoms with Gasteiger partial charge in [-0.3, -0.25) is 4.99 Å². The fraction of sp³-hybridized carbons (Fsp3) is 0.929. The van der Waals surface area contributed by atoms with Gasteiger partial charge >= 0.3 is 0 Å². The van der Waals surface area contributed by atoms with Gasteiger partial charge in [0.25, 0.3) is 0 Å². The molecule has 0 amide bonds. The molecule has 6 heteroatoms. The third-order valence-electron chi connectivity index (χ3n) is 3.58. The van der Waals surface area contributed by atoms with Crippen LogP contribution in [0.25, 0.3) is 0 Å². The Morgan fingerprint density at radius 2 is 2.15 bits per heavy atom. The smallest absolute Gasteiger partial charge is 0.193 e. The van der Waals surface area contributed by atoms with E-state index in [1.54, 1.807) is 7.05 Å². The van der Waals surface area contributed by atoms with Crippen molar-refractivity contribution >= 4 is 15.8 Å². The summed E-state index contributed by atoms with van der Waals surface area (Å²) in [5.41, 5.74) is 0. The van der Waals surface area contributed by atoms with Crippen LogP contribution in [0, 0.1) is 11.8 Å². The second-order valence-corrected chi connectivity index (χ2v) is 8.45. The molecule has 1 atom stereocenters. The van der Waals surface area contributed by atoms with E-state index in [0.717, 1.165) is 30.9 Å². The lowest BCUT2D eigenvalue weighted by Gasteiger charge is -2.22. The summed E-state index contributed by atoms with van der Waals surface area (Å²) in [4.78, 5) is 6.58. The number of hydrogen-bond donors (Lipinski definition) is 1. The Balaban J connectivity index is 2.33. The molecule has 1 aliphatic rings. The minimum absolute atomic E-state index is 0.229. The molecule has 1 rings (SSSR count). The van der Waals surface area contributed by atoms with Gasteiger partial charge in [-0.1, -0.05) is 13.8 Å². The van der Waals surface area contributed by atoms with Crippen LogP contribution in [0.1, 0.15) is 33.1 Å². The van der Waals surface area contributed by atoms with Crippen LogP contribution in [0.5, 0.6) is 0 Å². The van der Waals surface area contributed by atoms with Gasteiger partial charge in [-0.25, -0.2) is 8.42 Å². The molecular weight excluding hydrogens is 274 g/mol. The summed E-state index contributed by atoms with van der Waals surface area (Å²) in [6.45, 7) is 7.29. The first kappa shape index (κ1) is 17.3. The molecule has 0 aromatic carbocycles. The standard InChI is InChI=1S/C14H29N3O2S/c1-12(2)10-13-6-8-17(11-13)14(15-3)16-7-5-9-20(4,18)19/h12-13H,5-11H2,1-4H3,(H,15,16). The second kappa shape index (κ2) is 7.86. The number of sulfone groups is 1. The molecule has 0 radical (unpaired) electrons. The maximum atomic E-state index is 11.1. The number of nitrogens with zero attached hydrogens (tertiary/aromatic N) is 2. The first-order valence-corrected chi connectivity index (χ1v) is 9.51. The van der Waals surface area contributed by atoms with E-state index in [-0.39, 0.29) is 5.75 Å². The summed E-state index contributed by atoms with van der Waals surface area (Å²) in [7, 11) is -1.08. The fourth-order valence-electron chi connectivity index (χ4n) is 2.75. The molecule has 0 aliphatic carbocycles. The summed E-state index contributed by atoms with van der Waals surface area (Å²) in [5.74, 6) is 2.63. The zero-order valence-corrected chi connectivity index (χ0v) is 14.0. The van der Waals surface area contributed by atoms with Crippen molar-refractivity contribution < 1.29 is 8.42 Å². The van der Waals surface area contributed by atoms with E-state index in [2.05, 4.69) is 29.1 Å². The zero-order chi connectivity index (χ0) is 15.2. The van der Waals surface area contributed by atoms with Gasteiger partial charge in [-0.15, -0.1) is 0 Å². The number of rotatable bonds is 6. The summed E-state index contributed by atoms with van der Waals surface area (Å²) >= 11 is 0. The lowest BCUT2D eigenvalue weighted by Crippen LogP contribution is -2.40. The highest BCUT2D eigenvalue weighted by Crippen LogP contribution is 2.23. The Kier molecular flexibility index (Phi) is 6.79. The van der Waals surface area contributed by atoms with Crippen molar-refractivity contribution in [2.75, 3.05) is 38.7 Å². The van der Waals surface area contributed by atoms with E-state index in [9.17, 15) is 8.42 Å². The maximum absolute atomic E-state index is 11.1. The minimum Gasteiger partial charge on any atom is -0.356 e. The van der Waals surface area contributed by atoms with E-state index in [4.69, 9.17) is 0 Å². The van der Waals surface area contributed by atoms with Gasteiger partial charge in [-0.05, 0) is 31.1 Å². The predicted molar refractivity (Wildman–Crippen MR) is 84.8 cm³/mol. The van der Waals surface area contributed by atoms with E-state index in [1.807, 2.05) is 0 Å². The first-order valence-electron chi connectivity index (χ1n) is 7.45. The second-order valence-electron chi connectivity index (χ2n) is 6.19. The number of likely N-dealkylation sites (tertiary alicyclic amines) is 1. The molecule has 118 valence electrons. The van der Waals surface area contributed by atoms with Crippen LogP contribution in [-0.2, 0) is 9.84 Å². The van der Waals surface area contributed by atoms with Crippen molar-refractivity contribution in [1.82, 2.24) is 10.2 Å². The van der Waals surface area contributed by atoms with Gasteiger partial charge in [0.05, 0.1) is 5.75 Å². The van der Waals surface area contributed by atoms with Crippen LogP contribution in [0.2, 0.25) is 0 Å². The zero-order valence-electron chi connectivity index (χ0n) is 13.2. The summed E-state index contributed by atoms with van der Waals surface area (Å²) < 4.78 is 22.2. The quantitative estimate of drug-likeness (QED) is 0.457. The molecule has 1 aliphatic heterocycles. The van der Waals surface area contributed by atoms with Gasteiger partial charge in [0.2, 0.25) is 0 Å². The molecule has 1 saturated heterocycles. The molecule has 1 fully saturated rings. The Bertz CT molecular complexity index is 418. The van der Waals surface area contributed by atoms with Crippen molar-refractivity contribution in [3.63, 3.8) is 0 Å². The molecule has 20 heavy (non-hydrogen) atoms. The lowest BCUT2D eigenvalue weighted by atomic mass is 9.97. The Labute approximate surface area is 123 Å². The highest BCUT2D eigenvalue weighted by atomic mass is 32.2. The van der Waals surface area contributed by atoms with Crippen molar-refractivity contribution in [3.8, 4) is 0 Å². The predicted octanol–water partition coefficient (Wildman–Crippen LogP) is 1.36. The van der Waals surface area contributed by atoms with Crippen molar-refractivity contribution in [3.05, 3.63) is 0 Å². The molecule has 0 aromatic heterocycles. The average molecular weight is 303 g/mol. The van der Waals surface area contributed by atoms with Crippen molar-refractivity contribution in [1.29, 1.82) is 0 Å². The van der Waals surface area contributed by atoms with Crippen LogP contribution < -0.4 is 5.32 Å². The summed E-state index contributed by atoms with van der Waals surface area (Å²) in [5, 5.41) is 3.27. The van der Waals surface area contributed by atoms with Gasteiger partial charge in [-0.2, -0.15) is 0 Å². The SMILES string of the molecule is CN=C(NCCCS(C)(=O)=O)N1CCC(CC(C)C)C1. The highest BCUT2D eigenvalue weighted by molar-refractivity contribution is 7.90. The average Bonchev–Trinajstić information content (AvgIpc) is 2.75. The maximum Gasteiger partial charge on any atom is 0.193 e. The van der Waals surface area contributed by atoms with Crippen molar-refractivity contribution in [2.24, 2.45) is 16.8 Å². The van der Waals surface area contributed by atoms with Gasteiger partial charge in [0.15, 0.2) is 5.96 Å². The molecule has 1 unspecified atom stereocenters. The lowest BCUT2D eigenvalue weighted by molar-refractivity contribution is 0.403. The topological polar surface area (TPSA) is 61.8 Å². The van der Waals surface area contributed by atoms with E-state index in [1.165, 1.54) is 19.1 Å². The van der Waals surface area contributed by atoms with Gasteiger partial charge in [0, 0.05) is 32.9 Å². The fourth-order valence-corrected chi connectivity index (χ4v) is 3.42. The monoisotopic (exact) mass is 303 g/mol. The third kappa shape index (κ3) is 6.59. The third-order valence-corrected chi connectivity index (χ3v) is 4.61. The molecule has 0 saturated carbocycles. The van der Waals surface area contributed by atoms with E-state index < -0.39 is 9.84 Å². The normalized spacial score (nSPS) is 20.8.